The Kier molecular flexibility index (Phi) is 3.05. The van der Waals surface area contributed by atoms with Crippen molar-refractivity contribution in [2.45, 2.75) is 6.92 Å². The summed E-state index contributed by atoms with van der Waals surface area (Å²) in [4.78, 5) is 4.48. The minimum absolute atomic E-state index is 0.794. The molecule has 3 rings (SSSR count). The van der Waals surface area contributed by atoms with Crippen LogP contribution in [0.1, 0.15) is 5.69 Å². The van der Waals surface area contributed by atoms with Gasteiger partial charge >= 0.3 is 0 Å². The van der Waals surface area contributed by atoms with Gasteiger partial charge in [0, 0.05) is 5.56 Å². The van der Waals surface area contributed by atoms with Crippen LogP contribution in [0, 0.1) is 6.92 Å². The van der Waals surface area contributed by atoms with Gasteiger partial charge in [-0.1, -0.05) is 65.9 Å². The molecule has 2 aromatic carbocycles. The van der Waals surface area contributed by atoms with Crippen molar-refractivity contribution in [2.24, 2.45) is 0 Å². The van der Waals surface area contributed by atoms with E-state index in [4.69, 9.17) is 5.73 Å². The average molecular weight is 266 g/mol. The van der Waals surface area contributed by atoms with Gasteiger partial charge in [0.25, 0.3) is 0 Å². The van der Waals surface area contributed by atoms with Crippen LogP contribution in [-0.4, -0.2) is 4.98 Å². The highest BCUT2D eigenvalue weighted by Gasteiger charge is 2.06. The SMILES string of the molecule is Cc1nc(-c2ccc(-c3ccccc3)cc2)sc1N. The molecule has 1 aromatic heterocycles. The van der Waals surface area contributed by atoms with Crippen LogP contribution >= 0.6 is 11.3 Å². The molecule has 3 aromatic rings. The van der Waals surface area contributed by atoms with Crippen LogP contribution in [0.15, 0.2) is 54.6 Å². The highest BCUT2D eigenvalue weighted by Crippen LogP contribution is 2.30. The van der Waals surface area contributed by atoms with Gasteiger partial charge in [0.05, 0.1) is 5.69 Å². The van der Waals surface area contributed by atoms with E-state index >= 15 is 0 Å². The lowest BCUT2D eigenvalue weighted by molar-refractivity contribution is 1.27. The van der Waals surface area contributed by atoms with Crippen molar-refractivity contribution < 1.29 is 0 Å². The van der Waals surface area contributed by atoms with Crippen LogP contribution in [-0.2, 0) is 0 Å². The molecule has 0 aliphatic rings. The molecule has 0 radical (unpaired) electrons. The fraction of sp³-hybridized carbons (Fsp3) is 0.0625. The molecule has 3 heteroatoms. The van der Waals surface area contributed by atoms with Crippen LogP contribution in [0.2, 0.25) is 0 Å². The summed E-state index contributed by atoms with van der Waals surface area (Å²) in [5, 5.41) is 1.77. The van der Waals surface area contributed by atoms with Crippen LogP contribution in [0.4, 0.5) is 5.00 Å². The fourth-order valence-electron chi connectivity index (χ4n) is 1.97. The van der Waals surface area contributed by atoms with Crippen molar-refractivity contribution in [1.29, 1.82) is 0 Å². The number of hydrogen-bond donors (Lipinski definition) is 1. The van der Waals surface area contributed by atoms with Crippen molar-refractivity contribution in [3.63, 3.8) is 0 Å². The van der Waals surface area contributed by atoms with Gasteiger partial charge in [-0.15, -0.1) is 0 Å². The molecule has 0 fully saturated rings. The summed E-state index contributed by atoms with van der Waals surface area (Å²) in [6.45, 7) is 1.94. The predicted octanol–water partition coefficient (Wildman–Crippen LogP) is 4.37. The van der Waals surface area contributed by atoms with Crippen molar-refractivity contribution >= 4 is 16.3 Å². The number of nitrogens with zero attached hydrogens (tertiary/aromatic N) is 1. The number of benzene rings is 2. The Morgan fingerprint density at radius 3 is 2.00 bits per heavy atom. The van der Waals surface area contributed by atoms with Gasteiger partial charge in [0.15, 0.2) is 0 Å². The second-order valence-corrected chi connectivity index (χ2v) is 5.44. The largest absolute Gasteiger partial charge is 0.389 e. The van der Waals surface area contributed by atoms with Gasteiger partial charge in [0.1, 0.15) is 10.0 Å². The van der Waals surface area contributed by atoms with E-state index in [0.29, 0.717) is 0 Å². The normalized spacial score (nSPS) is 10.6. The topological polar surface area (TPSA) is 38.9 Å². The molecule has 0 bridgehead atoms. The Bertz CT molecular complexity index is 665. The molecule has 0 saturated heterocycles. The Hall–Kier alpha value is -2.13. The number of aromatic nitrogens is 1. The molecule has 0 saturated carbocycles. The van der Waals surface area contributed by atoms with Gasteiger partial charge in [0.2, 0.25) is 0 Å². The number of aryl methyl sites for hydroxylation is 1. The third-order valence-corrected chi connectivity index (χ3v) is 4.11. The zero-order valence-electron chi connectivity index (χ0n) is 10.6. The molecule has 0 aliphatic carbocycles. The maximum absolute atomic E-state index is 5.85. The van der Waals surface area contributed by atoms with Gasteiger partial charge in [-0.25, -0.2) is 4.98 Å². The number of anilines is 1. The molecular weight excluding hydrogens is 252 g/mol. The van der Waals surface area contributed by atoms with E-state index in [2.05, 4.69) is 41.4 Å². The first-order valence-electron chi connectivity index (χ1n) is 6.13. The van der Waals surface area contributed by atoms with E-state index in [1.54, 1.807) is 0 Å². The first kappa shape index (κ1) is 11.9. The summed E-state index contributed by atoms with van der Waals surface area (Å²) in [5.41, 5.74) is 10.3. The highest BCUT2D eigenvalue weighted by atomic mass is 32.1. The first-order chi connectivity index (χ1) is 9.24. The molecule has 0 amide bonds. The number of nitrogens with two attached hydrogens (primary N) is 1. The van der Waals surface area contributed by atoms with E-state index in [0.717, 1.165) is 21.3 Å². The van der Waals surface area contributed by atoms with Crippen molar-refractivity contribution in [2.75, 3.05) is 5.73 Å². The summed E-state index contributed by atoms with van der Waals surface area (Å²) < 4.78 is 0. The monoisotopic (exact) mass is 266 g/mol. The molecule has 0 aliphatic heterocycles. The molecule has 0 unspecified atom stereocenters. The number of hydrogen-bond acceptors (Lipinski definition) is 3. The standard InChI is InChI=1S/C16H14N2S/c1-11-15(17)19-16(18-11)14-9-7-13(8-10-14)12-5-3-2-4-6-12/h2-10H,17H2,1H3. The van der Waals surface area contributed by atoms with E-state index in [1.165, 1.54) is 22.5 Å². The predicted molar refractivity (Wildman–Crippen MR) is 82.1 cm³/mol. The zero-order valence-corrected chi connectivity index (χ0v) is 11.4. The summed E-state index contributed by atoms with van der Waals surface area (Å²) >= 11 is 1.54. The molecule has 1 heterocycles. The zero-order chi connectivity index (χ0) is 13.2. The number of rotatable bonds is 2. The Morgan fingerprint density at radius 1 is 0.842 bits per heavy atom. The summed E-state index contributed by atoms with van der Waals surface area (Å²) in [7, 11) is 0. The van der Waals surface area contributed by atoms with Crippen LogP contribution in [0.3, 0.4) is 0 Å². The molecular formula is C16H14N2S. The average Bonchev–Trinajstić information content (AvgIpc) is 2.80. The van der Waals surface area contributed by atoms with Crippen LogP contribution in [0.5, 0.6) is 0 Å². The highest BCUT2D eigenvalue weighted by molar-refractivity contribution is 7.18. The molecule has 2 N–H and O–H groups in total. The second-order valence-electron chi connectivity index (χ2n) is 4.41. The van der Waals surface area contributed by atoms with Crippen LogP contribution in [0.25, 0.3) is 21.7 Å². The van der Waals surface area contributed by atoms with E-state index < -0.39 is 0 Å². The van der Waals surface area contributed by atoms with Crippen molar-refractivity contribution in [1.82, 2.24) is 4.98 Å². The summed E-state index contributed by atoms with van der Waals surface area (Å²) in [6.07, 6.45) is 0. The molecule has 2 nitrogen and oxygen atoms in total. The molecule has 0 spiro atoms. The Labute approximate surface area is 116 Å². The second kappa shape index (κ2) is 4.86. The quantitative estimate of drug-likeness (QED) is 0.748. The maximum Gasteiger partial charge on any atom is 0.125 e. The Balaban J connectivity index is 1.95. The van der Waals surface area contributed by atoms with Crippen LogP contribution < -0.4 is 5.73 Å². The van der Waals surface area contributed by atoms with Gasteiger partial charge in [-0.2, -0.15) is 0 Å². The first-order valence-corrected chi connectivity index (χ1v) is 6.94. The van der Waals surface area contributed by atoms with Gasteiger partial charge in [-0.3, -0.25) is 0 Å². The lowest BCUT2D eigenvalue weighted by Gasteiger charge is -2.02. The lowest BCUT2D eigenvalue weighted by atomic mass is 10.0. The third-order valence-electron chi connectivity index (χ3n) is 3.07. The minimum Gasteiger partial charge on any atom is -0.389 e. The van der Waals surface area contributed by atoms with Gasteiger partial charge < -0.3 is 5.73 Å². The number of nitrogen functional groups attached to an aromatic ring is 1. The smallest absolute Gasteiger partial charge is 0.125 e. The maximum atomic E-state index is 5.85. The van der Waals surface area contributed by atoms with E-state index in [-0.39, 0.29) is 0 Å². The molecule has 0 atom stereocenters. The molecule has 94 valence electrons. The Morgan fingerprint density at radius 2 is 1.42 bits per heavy atom. The van der Waals surface area contributed by atoms with E-state index in [9.17, 15) is 0 Å². The van der Waals surface area contributed by atoms with E-state index in [1.807, 2.05) is 25.1 Å². The van der Waals surface area contributed by atoms with Gasteiger partial charge in [-0.05, 0) is 18.1 Å². The van der Waals surface area contributed by atoms with Crippen molar-refractivity contribution in [3.05, 3.63) is 60.3 Å². The minimum atomic E-state index is 0.794. The summed E-state index contributed by atoms with van der Waals surface area (Å²) in [5.74, 6) is 0. The number of thiazole rings is 1. The summed E-state index contributed by atoms with van der Waals surface area (Å²) in [6, 6.07) is 18.8. The molecule has 19 heavy (non-hydrogen) atoms. The van der Waals surface area contributed by atoms with Crippen molar-refractivity contribution in [3.8, 4) is 21.7 Å². The third kappa shape index (κ3) is 2.37. The fourth-order valence-corrected chi connectivity index (χ4v) is 2.81. The lowest BCUT2D eigenvalue weighted by Crippen LogP contribution is -1.82.